The standard InChI is InChI=1S/C13H22N2OS/c1-3-5-9-15(10-6-4-2)13(16)14-12-8-7-11-17-12/h7-8,11H,3-6,9-10H2,1-2H3,(H,14,16). The molecule has 0 fully saturated rings. The van der Waals surface area contributed by atoms with Crippen LogP contribution in [0.3, 0.4) is 0 Å². The molecule has 0 saturated heterocycles. The van der Waals surface area contributed by atoms with Crippen LogP contribution in [0.2, 0.25) is 0 Å². The first-order valence-corrected chi connectivity index (χ1v) is 7.25. The van der Waals surface area contributed by atoms with Gasteiger partial charge in [-0.1, -0.05) is 26.7 Å². The maximum absolute atomic E-state index is 12.0. The number of amides is 2. The second-order valence-electron chi connectivity index (χ2n) is 4.10. The fraction of sp³-hybridized carbons (Fsp3) is 0.615. The SMILES string of the molecule is CCCCN(CCCC)C(=O)Nc1cccs1. The molecule has 3 nitrogen and oxygen atoms in total. The van der Waals surface area contributed by atoms with Gasteiger partial charge in [-0.25, -0.2) is 4.79 Å². The van der Waals surface area contributed by atoms with Crippen molar-refractivity contribution in [2.24, 2.45) is 0 Å². The largest absolute Gasteiger partial charge is 0.325 e. The molecule has 0 radical (unpaired) electrons. The highest BCUT2D eigenvalue weighted by Gasteiger charge is 2.12. The Bertz CT molecular complexity index is 303. The number of rotatable bonds is 7. The first kappa shape index (κ1) is 14.0. The van der Waals surface area contributed by atoms with Gasteiger partial charge in [0.1, 0.15) is 0 Å². The van der Waals surface area contributed by atoms with E-state index in [1.165, 1.54) is 0 Å². The molecule has 17 heavy (non-hydrogen) atoms. The number of thiophene rings is 1. The highest BCUT2D eigenvalue weighted by Crippen LogP contribution is 2.15. The molecule has 4 heteroatoms. The van der Waals surface area contributed by atoms with Gasteiger partial charge in [-0.15, -0.1) is 11.3 Å². The average Bonchev–Trinajstić information content (AvgIpc) is 2.82. The molecule has 0 bridgehead atoms. The zero-order valence-electron chi connectivity index (χ0n) is 10.7. The maximum Gasteiger partial charge on any atom is 0.322 e. The number of carbonyl (C=O) groups excluding carboxylic acids is 1. The zero-order chi connectivity index (χ0) is 12.5. The highest BCUT2D eigenvalue weighted by atomic mass is 32.1. The number of urea groups is 1. The lowest BCUT2D eigenvalue weighted by Gasteiger charge is -2.22. The normalized spacial score (nSPS) is 10.2. The summed E-state index contributed by atoms with van der Waals surface area (Å²) in [6, 6.07) is 3.91. The minimum absolute atomic E-state index is 0.0364. The summed E-state index contributed by atoms with van der Waals surface area (Å²) in [6.07, 6.45) is 4.38. The van der Waals surface area contributed by atoms with E-state index in [2.05, 4.69) is 19.2 Å². The minimum Gasteiger partial charge on any atom is -0.325 e. The number of hydrogen-bond donors (Lipinski definition) is 1. The monoisotopic (exact) mass is 254 g/mol. The molecule has 0 aliphatic carbocycles. The van der Waals surface area contributed by atoms with E-state index in [-0.39, 0.29) is 6.03 Å². The molecule has 1 aromatic heterocycles. The Kier molecular flexibility index (Phi) is 6.70. The van der Waals surface area contributed by atoms with Gasteiger partial charge in [-0.05, 0) is 30.4 Å². The molecule has 96 valence electrons. The van der Waals surface area contributed by atoms with Crippen molar-refractivity contribution in [3.05, 3.63) is 17.5 Å². The molecule has 0 spiro atoms. The number of nitrogens with zero attached hydrogens (tertiary/aromatic N) is 1. The summed E-state index contributed by atoms with van der Waals surface area (Å²) < 4.78 is 0. The van der Waals surface area contributed by atoms with Gasteiger partial charge in [0.15, 0.2) is 0 Å². The van der Waals surface area contributed by atoms with Gasteiger partial charge in [-0.3, -0.25) is 5.32 Å². The summed E-state index contributed by atoms with van der Waals surface area (Å²) in [6.45, 7) is 6.01. The van der Waals surface area contributed by atoms with Crippen molar-refractivity contribution in [1.82, 2.24) is 4.90 Å². The van der Waals surface area contributed by atoms with Crippen LogP contribution in [-0.4, -0.2) is 24.0 Å². The molecular weight excluding hydrogens is 232 g/mol. The lowest BCUT2D eigenvalue weighted by molar-refractivity contribution is 0.210. The molecule has 0 aliphatic rings. The van der Waals surface area contributed by atoms with Crippen molar-refractivity contribution in [3.8, 4) is 0 Å². The number of unbranched alkanes of at least 4 members (excludes halogenated alkanes) is 2. The first-order chi connectivity index (χ1) is 8.27. The van der Waals surface area contributed by atoms with Crippen LogP contribution in [0, 0.1) is 0 Å². The van der Waals surface area contributed by atoms with Crippen molar-refractivity contribution in [2.45, 2.75) is 39.5 Å². The molecule has 1 N–H and O–H groups in total. The second kappa shape index (κ2) is 8.12. The van der Waals surface area contributed by atoms with Crippen LogP contribution in [0.15, 0.2) is 17.5 Å². The van der Waals surface area contributed by atoms with E-state index >= 15 is 0 Å². The Morgan fingerprint density at radius 1 is 1.29 bits per heavy atom. The third-order valence-corrected chi connectivity index (χ3v) is 3.39. The van der Waals surface area contributed by atoms with Crippen molar-refractivity contribution in [3.63, 3.8) is 0 Å². The molecule has 2 amide bonds. The second-order valence-corrected chi connectivity index (χ2v) is 5.05. The quantitative estimate of drug-likeness (QED) is 0.777. The Balaban J connectivity index is 2.46. The van der Waals surface area contributed by atoms with Crippen LogP contribution in [0.5, 0.6) is 0 Å². The maximum atomic E-state index is 12.0. The summed E-state index contributed by atoms with van der Waals surface area (Å²) in [5.74, 6) is 0. The number of anilines is 1. The van der Waals surface area contributed by atoms with Crippen molar-refractivity contribution in [1.29, 1.82) is 0 Å². The molecule has 1 heterocycles. The van der Waals surface area contributed by atoms with Gasteiger partial charge in [-0.2, -0.15) is 0 Å². The zero-order valence-corrected chi connectivity index (χ0v) is 11.6. The molecular formula is C13H22N2OS. The first-order valence-electron chi connectivity index (χ1n) is 6.37. The molecule has 0 unspecified atom stereocenters. The summed E-state index contributed by atoms with van der Waals surface area (Å²) in [4.78, 5) is 14.0. The lowest BCUT2D eigenvalue weighted by Crippen LogP contribution is -2.36. The van der Waals surface area contributed by atoms with Gasteiger partial charge in [0, 0.05) is 13.1 Å². The van der Waals surface area contributed by atoms with Gasteiger partial charge in [0.05, 0.1) is 5.00 Å². The van der Waals surface area contributed by atoms with E-state index in [0.29, 0.717) is 0 Å². The minimum atomic E-state index is 0.0364. The van der Waals surface area contributed by atoms with Gasteiger partial charge < -0.3 is 4.90 Å². The molecule has 0 aromatic carbocycles. The topological polar surface area (TPSA) is 32.3 Å². The Labute approximate surface area is 108 Å². The third kappa shape index (κ3) is 5.22. The van der Waals surface area contributed by atoms with E-state index in [1.807, 2.05) is 22.4 Å². The van der Waals surface area contributed by atoms with Crippen molar-refractivity contribution < 1.29 is 4.79 Å². The predicted octanol–water partition coefficient (Wildman–Crippen LogP) is 4.18. The van der Waals surface area contributed by atoms with E-state index in [1.54, 1.807) is 11.3 Å². The summed E-state index contributed by atoms with van der Waals surface area (Å²) in [7, 11) is 0. The van der Waals surface area contributed by atoms with E-state index in [4.69, 9.17) is 0 Å². The van der Waals surface area contributed by atoms with E-state index in [0.717, 1.165) is 43.8 Å². The van der Waals surface area contributed by atoms with Crippen LogP contribution in [0.4, 0.5) is 9.80 Å². The molecule has 0 atom stereocenters. The van der Waals surface area contributed by atoms with Crippen molar-refractivity contribution in [2.75, 3.05) is 18.4 Å². The van der Waals surface area contributed by atoms with Gasteiger partial charge in [0.2, 0.25) is 0 Å². The van der Waals surface area contributed by atoms with Gasteiger partial charge in [0.25, 0.3) is 0 Å². The number of carbonyl (C=O) groups is 1. The molecule has 1 aromatic rings. The smallest absolute Gasteiger partial charge is 0.322 e. The Morgan fingerprint density at radius 3 is 2.41 bits per heavy atom. The van der Waals surface area contributed by atoms with Crippen LogP contribution in [-0.2, 0) is 0 Å². The summed E-state index contributed by atoms with van der Waals surface area (Å²) in [5, 5.41) is 5.84. The number of hydrogen-bond acceptors (Lipinski definition) is 2. The van der Waals surface area contributed by atoms with E-state index < -0.39 is 0 Å². The molecule has 0 saturated carbocycles. The molecule has 0 aliphatic heterocycles. The third-order valence-electron chi connectivity index (χ3n) is 2.60. The lowest BCUT2D eigenvalue weighted by atomic mass is 10.3. The summed E-state index contributed by atoms with van der Waals surface area (Å²) in [5.41, 5.74) is 0. The summed E-state index contributed by atoms with van der Waals surface area (Å²) >= 11 is 1.56. The fourth-order valence-electron chi connectivity index (χ4n) is 1.55. The van der Waals surface area contributed by atoms with Crippen LogP contribution in [0.25, 0.3) is 0 Å². The van der Waals surface area contributed by atoms with Crippen LogP contribution in [0.1, 0.15) is 39.5 Å². The van der Waals surface area contributed by atoms with Gasteiger partial charge >= 0.3 is 6.03 Å². The Hall–Kier alpha value is -1.03. The Morgan fingerprint density at radius 2 is 1.94 bits per heavy atom. The van der Waals surface area contributed by atoms with E-state index in [9.17, 15) is 4.79 Å². The van der Waals surface area contributed by atoms with Crippen LogP contribution >= 0.6 is 11.3 Å². The van der Waals surface area contributed by atoms with Crippen molar-refractivity contribution >= 4 is 22.4 Å². The predicted molar refractivity (Wildman–Crippen MR) is 74.7 cm³/mol. The number of nitrogens with one attached hydrogen (secondary N) is 1. The fourth-order valence-corrected chi connectivity index (χ4v) is 2.15. The highest BCUT2D eigenvalue weighted by molar-refractivity contribution is 7.14. The molecule has 1 rings (SSSR count). The van der Waals surface area contributed by atoms with Crippen LogP contribution < -0.4 is 5.32 Å². The average molecular weight is 254 g/mol.